The number of para-hydroxylation sites is 3. The summed E-state index contributed by atoms with van der Waals surface area (Å²) in [6, 6.07) is 25.8. The van der Waals surface area contributed by atoms with Crippen molar-refractivity contribution in [1.82, 2.24) is 9.97 Å². The van der Waals surface area contributed by atoms with Crippen LogP contribution in [0.25, 0.3) is 21.8 Å². The van der Waals surface area contributed by atoms with Crippen LogP contribution in [0.3, 0.4) is 0 Å². The Bertz CT molecular complexity index is 1430. The number of aryl methyl sites for hydroxylation is 3. The molecule has 0 aliphatic carbocycles. The van der Waals surface area contributed by atoms with Crippen LogP contribution in [0.2, 0.25) is 0 Å². The third-order valence-electron chi connectivity index (χ3n) is 5.49. The fourth-order valence-electron chi connectivity index (χ4n) is 3.84. The van der Waals surface area contributed by atoms with E-state index in [0.717, 1.165) is 44.4 Å². The normalized spacial score (nSPS) is 10.9. The van der Waals surface area contributed by atoms with Crippen molar-refractivity contribution in [3.63, 3.8) is 0 Å². The third kappa shape index (κ3) is 4.49. The molecule has 0 saturated heterocycles. The largest absolute Gasteiger partial charge is 1.20 e. The van der Waals surface area contributed by atoms with Crippen molar-refractivity contribution < 1.29 is 11.4 Å². The molecule has 0 unspecified atom stereocenters. The molecule has 162 valence electrons. The van der Waals surface area contributed by atoms with Crippen molar-refractivity contribution in [2.45, 2.75) is 20.8 Å². The molecule has 0 fully saturated rings. The molecule has 2 aromatic heterocycles. The lowest BCUT2D eigenvalue weighted by Crippen LogP contribution is -2.37. The van der Waals surface area contributed by atoms with E-state index >= 15 is 0 Å². The van der Waals surface area contributed by atoms with Crippen LogP contribution in [0, 0.1) is 20.8 Å². The molecular weight excluding hydrogens is 427 g/mol. The summed E-state index contributed by atoms with van der Waals surface area (Å²) in [5.41, 5.74) is 4.55. The zero-order chi connectivity index (χ0) is 22.8. The van der Waals surface area contributed by atoms with Crippen molar-refractivity contribution in [3.8, 4) is 17.2 Å². The molecule has 0 spiro atoms. The number of aromatic nitrogens is 2. The van der Waals surface area contributed by atoms with Gasteiger partial charge in [0.25, 0.3) is 0 Å². The van der Waals surface area contributed by atoms with Gasteiger partial charge in [-0.15, -0.1) is 0 Å². The zero-order valence-electron chi connectivity index (χ0n) is 18.8. The molecule has 5 nitrogen and oxygen atoms in total. The maximum absolute atomic E-state index is 6.45. The van der Waals surface area contributed by atoms with E-state index in [1.54, 1.807) is 6.20 Å². The van der Waals surface area contributed by atoms with Crippen LogP contribution in [-0.2, 0) is 0 Å². The standard InChI is InChI=1S/C10H9NO.C9H7NO.C8H10O.Al/c1-7-5-6-8-3-2-4-9(12)10(8)11-7;11-8-5-1-3-7-4-2-6-10-9(7)8;1-6-4-3-5-7(2)8(6)9;/h2-6,12H,1H3;1-6,11H;3-5,9H,1-2H3;/q;;;+3/p-3. The highest BCUT2D eigenvalue weighted by atomic mass is 27.3. The zero-order valence-corrected chi connectivity index (χ0v) is 19.9. The fraction of sp³-hybridized carbons (Fsp3) is 0.111. The van der Waals surface area contributed by atoms with E-state index in [2.05, 4.69) is 4.98 Å². The summed E-state index contributed by atoms with van der Waals surface area (Å²) >= 11 is -2.78. The molecule has 0 atom stereocenters. The summed E-state index contributed by atoms with van der Waals surface area (Å²) in [4.78, 5) is 9.22. The first kappa shape index (κ1) is 21.3. The number of nitrogens with zero attached hydrogens (tertiary/aromatic N) is 2. The van der Waals surface area contributed by atoms with Gasteiger partial charge in [-0.25, -0.2) is 4.98 Å². The van der Waals surface area contributed by atoms with Gasteiger partial charge in [-0.1, -0.05) is 54.6 Å². The van der Waals surface area contributed by atoms with Gasteiger partial charge in [-0.3, -0.25) is 4.98 Å². The van der Waals surface area contributed by atoms with E-state index in [9.17, 15) is 0 Å². The second-order valence-electron chi connectivity index (χ2n) is 7.97. The molecular formula is C27H23AlN2O3. The van der Waals surface area contributed by atoms with Gasteiger partial charge in [0.2, 0.25) is 0 Å². The van der Waals surface area contributed by atoms with E-state index in [4.69, 9.17) is 16.3 Å². The lowest BCUT2D eigenvalue weighted by molar-refractivity contribution is 0.308. The SMILES string of the molecule is Cc1ccc2cccc([O][Al]([O]c3c(C)cccc3C)[O]c3cccc4cccnc34)c2n1. The Labute approximate surface area is 198 Å². The molecule has 2 heterocycles. The molecule has 3 aromatic carbocycles. The molecule has 0 amide bonds. The van der Waals surface area contributed by atoms with E-state index in [-0.39, 0.29) is 0 Å². The summed E-state index contributed by atoms with van der Waals surface area (Å²) in [6.07, 6.45) is 1.76. The summed E-state index contributed by atoms with van der Waals surface area (Å²) < 4.78 is 19.3. The first-order valence-electron chi connectivity index (χ1n) is 10.8. The Morgan fingerprint density at radius 3 is 1.94 bits per heavy atom. The molecule has 0 bridgehead atoms. The predicted molar refractivity (Wildman–Crippen MR) is 132 cm³/mol. The maximum atomic E-state index is 6.45. The highest BCUT2D eigenvalue weighted by Crippen LogP contribution is 2.29. The maximum Gasteiger partial charge on any atom is 1.20 e. The lowest BCUT2D eigenvalue weighted by Gasteiger charge is -2.20. The molecule has 0 aliphatic rings. The number of fused-ring (bicyclic) bond motifs is 2. The molecule has 33 heavy (non-hydrogen) atoms. The monoisotopic (exact) mass is 450 g/mol. The number of hydrogen-bond acceptors (Lipinski definition) is 5. The summed E-state index contributed by atoms with van der Waals surface area (Å²) in [6.45, 7) is 6.02. The van der Waals surface area contributed by atoms with Gasteiger partial charge in [0.1, 0.15) is 22.5 Å². The molecule has 5 rings (SSSR count). The average molecular weight is 450 g/mol. The summed E-state index contributed by atoms with van der Waals surface area (Å²) in [7, 11) is 0. The van der Waals surface area contributed by atoms with E-state index in [0.29, 0.717) is 11.5 Å². The predicted octanol–water partition coefficient (Wildman–Crippen LogP) is 6.23. The molecule has 6 heteroatoms. The average Bonchev–Trinajstić information content (AvgIpc) is 2.82. The Kier molecular flexibility index (Phi) is 5.87. The molecule has 0 aliphatic heterocycles. The van der Waals surface area contributed by atoms with Crippen LogP contribution in [0.4, 0.5) is 0 Å². The number of pyridine rings is 2. The van der Waals surface area contributed by atoms with Gasteiger partial charge in [-0.2, -0.15) is 0 Å². The Morgan fingerprint density at radius 1 is 0.606 bits per heavy atom. The van der Waals surface area contributed by atoms with E-state index in [1.165, 1.54) is 0 Å². The van der Waals surface area contributed by atoms with Crippen molar-refractivity contribution >= 4 is 37.0 Å². The van der Waals surface area contributed by atoms with Gasteiger partial charge in [-0.05, 0) is 56.2 Å². The van der Waals surface area contributed by atoms with Crippen LogP contribution < -0.4 is 11.4 Å². The Morgan fingerprint density at radius 2 is 1.21 bits per heavy atom. The second-order valence-corrected chi connectivity index (χ2v) is 9.26. The first-order chi connectivity index (χ1) is 16.1. The number of hydrogen-bond donors (Lipinski definition) is 0. The van der Waals surface area contributed by atoms with E-state index < -0.39 is 15.1 Å². The van der Waals surface area contributed by atoms with Crippen LogP contribution in [0.5, 0.6) is 17.2 Å². The molecule has 0 N–H and O–H groups in total. The van der Waals surface area contributed by atoms with Crippen molar-refractivity contribution in [1.29, 1.82) is 0 Å². The van der Waals surface area contributed by atoms with Crippen molar-refractivity contribution in [2.24, 2.45) is 0 Å². The third-order valence-corrected chi connectivity index (χ3v) is 6.81. The Hall–Kier alpha value is -3.59. The Balaban J connectivity index is 1.56. The van der Waals surface area contributed by atoms with Crippen LogP contribution in [0.15, 0.2) is 85.1 Å². The minimum Gasteiger partial charge on any atom is -0.577 e. The first-order valence-corrected chi connectivity index (χ1v) is 12.3. The van der Waals surface area contributed by atoms with Crippen LogP contribution in [0.1, 0.15) is 16.8 Å². The minimum atomic E-state index is -2.78. The summed E-state index contributed by atoms with van der Waals surface area (Å²) in [5, 5.41) is 2.00. The fourth-order valence-corrected chi connectivity index (χ4v) is 5.35. The smallest absolute Gasteiger partial charge is 0.577 e. The van der Waals surface area contributed by atoms with Gasteiger partial charge in [0.15, 0.2) is 0 Å². The van der Waals surface area contributed by atoms with E-state index in [1.807, 2.05) is 99.6 Å². The summed E-state index contributed by atoms with van der Waals surface area (Å²) in [5.74, 6) is 2.07. The van der Waals surface area contributed by atoms with Crippen LogP contribution in [-0.4, -0.2) is 25.1 Å². The molecule has 5 aromatic rings. The van der Waals surface area contributed by atoms with Gasteiger partial charge >= 0.3 is 15.1 Å². The van der Waals surface area contributed by atoms with Crippen molar-refractivity contribution in [2.75, 3.05) is 0 Å². The number of rotatable bonds is 6. The minimum absolute atomic E-state index is 0.639. The van der Waals surface area contributed by atoms with Gasteiger partial charge in [0, 0.05) is 22.7 Å². The highest BCUT2D eigenvalue weighted by Gasteiger charge is 2.46. The topological polar surface area (TPSA) is 53.5 Å². The molecule has 0 saturated carbocycles. The second kappa shape index (κ2) is 9.11. The molecule has 0 radical (unpaired) electrons. The number of benzene rings is 3. The van der Waals surface area contributed by atoms with Crippen LogP contribution >= 0.6 is 0 Å². The van der Waals surface area contributed by atoms with Gasteiger partial charge < -0.3 is 11.4 Å². The van der Waals surface area contributed by atoms with Gasteiger partial charge in [0.05, 0.1) is 5.75 Å². The van der Waals surface area contributed by atoms with Crippen molar-refractivity contribution in [3.05, 3.63) is 102 Å². The quantitative estimate of drug-likeness (QED) is 0.287. The lowest BCUT2D eigenvalue weighted by atomic mass is 10.1. The highest BCUT2D eigenvalue weighted by molar-refractivity contribution is 6.40.